The van der Waals surface area contributed by atoms with E-state index in [1.54, 1.807) is 0 Å². The maximum atomic E-state index is 13.0. The predicted molar refractivity (Wildman–Crippen MR) is 88.5 cm³/mol. The van der Waals surface area contributed by atoms with E-state index in [4.69, 9.17) is 11.6 Å². The molecule has 1 amide bonds. The van der Waals surface area contributed by atoms with Crippen molar-refractivity contribution in [2.24, 2.45) is 0 Å². The summed E-state index contributed by atoms with van der Waals surface area (Å²) < 4.78 is 14.1. The Labute approximate surface area is 135 Å². The zero-order valence-electron chi connectivity index (χ0n) is 11.9. The van der Waals surface area contributed by atoms with Gasteiger partial charge in [0.15, 0.2) is 5.13 Å². The lowest BCUT2D eigenvalue weighted by Gasteiger charge is -2.03. The highest BCUT2D eigenvalue weighted by Crippen LogP contribution is 2.30. The Morgan fingerprint density at radius 2 is 2.05 bits per heavy atom. The summed E-state index contributed by atoms with van der Waals surface area (Å²) in [5, 5.41) is 3.29. The second kappa shape index (κ2) is 5.66. The molecule has 0 saturated heterocycles. The number of nitrogens with one attached hydrogen (secondary N) is 1. The Balaban J connectivity index is 1.92. The molecule has 0 aliphatic carbocycles. The predicted octanol–water partition coefficient (Wildman–Crippen LogP) is 4.96. The Hall–Kier alpha value is -1.98. The minimum absolute atomic E-state index is 0.0747. The second-order valence-electron chi connectivity index (χ2n) is 5.03. The molecule has 0 bridgehead atoms. The molecule has 1 aromatic heterocycles. The lowest BCUT2D eigenvalue weighted by Crippen LogP contribution is -2.12. The van der Waals surface area contributed by atoms with Gasteiger partial charge in [-0.3, -0.25) is 10.1 Å². The van der Waals surface area contributed by atoms with E-state index in [2.05, 4.69) is 16.4 Å². The van der Waals surface area contributed by atoms with E-state index in [1.807, 2.05) is 19.9 Å². The molecule has 3 rings (SSSR count). The molecule has 3 aromatic rings. The van der Waals surface area contributed by atoms with Gasteiger partial charge in [-0.1, -0.05) is 29.0 Å². The highest BCUT2D eigenvalue weighted by atomic mass is 35.5. The van der Waals surface area contributed by atoms with E-state index in [0.29, 0.717) is 5.13 Å². The monoisotopic (exact) mass is 334 g/mol. The van der Waals surface area contributed by atoms with Crippen LogP contribution >= 0.6 is 22.9 Å². The largest absolute Gasteiger partial charge is 0.298 e. The quantitative estimate of drug-likeness (QED) is 0.719. The van der Waals surface area contributed by atoms with E-state index in [-0.39, 0.29) is 10.6 Å². The van der Waals surface area contributed by atoms with Gasteiger partial charge in [0.05, 0.1) is 20.8 Å². The van der Waals surface area contributed by atoms with E-state index in [1.165, 1.54) is 23.5 Å². The number of amides is 1. The maximum absolute atomic E-state index is 13.0. The van der Waals surface area contributed by atoms with Gasteiger partial charge >= 0.3 is 0 Å². The number of aromatic nitrogens is 1. The minimum atomic E-state index is -0.479. The van der Waals surface area contributed by atoms with Crippen LogP contribution in [0.1, 0.15) is 21.5 Å². The number of halogens is 2. The van der Waals surface area contributed by atoms with Crippen molar-refractivity contribution >= 4 is 44.2 Å². The van der Waals surface area contributed by atoms with Gasteiger partial charge in [0.2, 0.25) is 0 Å². The third kappa shape index (κ3) is 2.82. The number of benzene rings is 2. The summed E-state index contributed by atoms with van der Waals surface area (Å²) in [6, 6.07) is 7.72. The Morgan fingerprint density at radius 1 is 1.27 bits per heavy atom. The average Bonchev–Trinajstić information content (AvgIpc) is 2.81. The fraction of sp³-hybridized carbons (Fsp3) is 0.125. The number of aryl methyl sites for hydroxylation is 2. The van der Waals surface area contributed by atoms with E-state index < -0.39 is 11.7 Å². The van der Waals surface area contributed by atoms with Crippen molar-refractivity contribution in [2.45, 2.75) is 13.8 Å². The van der Waals surface area contributed by atoms with Crippen molar-refractivity contribution in [3.8, 4) is 0 Å². The number of carbonyl (C=O) groups is 1. The van der Waals surface area contributed by atoms with Gasteiger partial charge in [-0.2, -0.15) is 0 Å². The Morgan fingerprint density at radius 3 is 2.77 bits per heavy atom. The number of anilines is 1. The number of rotatable bonds is 2. The molecule has 22 heavy (non-hydrogen) atoms. The number of hydrogen-bond donors (Lipinski definition) is 1. The summed E-state index contributed by atoms with van der Waals surface area (Å²) in [5.74, 6) is -0.883. The molecule has 0 spiro atoms. The second-order valence-corrected chi connectivity index (χ2v) is 6.43. The first kappa shape index (κ1) is 14.9. The lowest BCUT2D eigenvalue weighted by molar-refractivity contribution is 0.102. The van der Waals surface area contributed by atoms with Gasteiger partial charge in [0, 0.05) is 0 Å². The SMILES string of the molecule is Cc1cc(C)c2sc(NC(=O)c3ccc(F)cc3Cl)nc2c1. The number of fused-ring (bicyclic) bond motifs is 1. The van der Waals surface area contributed by atoms with Crippen molar-refractivity contribution in [2.75, 3.05) is 5.32 Å². The molecule has 0 unspecified atom stereocenters. The summed E-state index contributed by atoms with van der Waals surface area (Å²) in [5.41, 5.74) is 3.31. The molecule has 0 saturated carbocycles. The molecule has 112 valence electrons. The van der Waals surface area contributed by atoms with E-state index in [0.717, 1.165) is 27.4 Å². The highest BCUT2D eigenvalue weighted by molar-refractivity contribution is 7.22. The molecule has 1 heterocycles. The van der Waals surface area contributed by atoms with Crippen LogP contribution in [0, 0.1) is 19.7 Å². The van der Waals surface area contributed by atoms with Gasteiger partial charge in [0.25, 0.3) is 5.91 Å². The Kier molecular flexibility index (Phi) is 3.85. The van der Waals surface area contributed by atoms with E-state index in [9.17, 15) is 9.18 Å². The standard InChI is InChI=1S/C16H12ClFN2OS/c1-8-5-9(2)14-13(6-8)19-16(22-14)20-15(21)11-4-3-10(18)7-12(11)17/h3-7H,1-2H3,(H,19,20,21). The van der Waals surface area contributed by atoms with Crippen LogP contribution in [0.4, 0.5) is 9.52 Å². The third-order valence-electron chi connectivity index (χ3n) is 3.22. The van der Waals surface area contributed by atoms with Crippen LogP contribution in [0.3, 0.4) is 0 Å². The number of hydrogen-bond acceptors (Lipinski definition) is 3. The molecule has 0 aliphatic rings. The molecule has 1 N–H and O–H groups in total. The molecular formula is C16H12ClFN2OS. The molecule has 0 atom stereocenters. The Bertz CT molecular complexity index is 891. The first-order valence-corrected chi connectivity index (χ1v) is 7.77. The number of carbonyl (C=O) groups excluding carboxylic acids is 1. The lowest BCUT2D eigenvalue weighted by atomic mass is 10.1. The summed E-state index contributed by atoms with van der Waals surface area (Å²) in [7, 11) is 0. The first-order valence-electron chi connectivity index (χ1n) is 6.58. The van der Waals surface area contributed by atoms with Crippen LogP contribution in [0.25, 0.3) is 10.2 Å². The third-order valence-corrected chi connectivity index (χ3v) is 4.65. The molecular weight excluding hydrogens is 323 g/mol. The van der Waals surface area contributed by atoms with Crippen LogP contribution in [0.15, 0.2) is 30.3 Å². The number of nitrogens with zero attached hydrogens (tertiary/aromatic N) is 1. The van der Waals surface area contributed by atoms with Crippen LogP contribution in [0.2, 0.25) is 5.02 Å². The minimum Gasteiger partial charge on any atom is -0.298 e. The highest BCUT2D eigenvalue weighted by Gasteiger charge is 2.14. The summed E-state index contributed by atoms with van der Waals surface area (Å²) >= 11 is 7.30. The van der Waals surface area contributed by atoms with Crippen LogP contribution in [-0.4, -0.2) is 10.9 Å². The molecule has 0 radical (unpaired) electrons. The zero-order valence-corrected chi connectivity index (χ0v) is 13.5. The molecule has 6 heteroatoms. The number of thiazole rings is 1. The summed E-state index contributed by atoms with van der Waals surface area (Å²) in [4.78, 5) is 16.6. The van der Waals surface area contributed by atoms with Gasteiger partial charge in [-0.05, 0) is 49.2 Å². The molecule has 3 nitrogen and oxygen atoms in total. The van der Waals surface area contributed by atoms with Gasteiger partial charge in [-0.25, -0.2) is 9.37 Å². The fourth-order valence-electron chi connectivity index (χ4n) is 2.27. The van der Waals surface area contributed by atoms with Crippen LogP contribution in [-0.2, 0) is 0 Å². The van der Waals surface area contributed by atoms with Crippen molar-refractivity contribution in [3.05, 3.63) is 57.9 Å². The molecule has 0 aliphatic heterocycles. The molecule has 2 aromatic carbocycles. The van der Waals surface area contributed by atoms with Crippen molar-refractivity contribution < 1.29 is 9.18 Å². The maximum Gasteiger partial charge on any atom is 0.258 e. The normalized spacial score (nSPS) is 10.9. The van der Waals surface area contributed by atoms with Crippen LogP contribution in [0.5, 0.6) is 0 Å². The molecule has 0 fully saturated rings. The smallest absolute Gasteiger partial charge is 0.258 e. The van der Waals surface area contributed by atoms with E-state index >= 15 is 0 Å². The van der Waals surface area contributed by atoms with Crippen molar-refractivity contribution in [1.29, 1.82) is 0 Å². The summed E-state index contributed by atoms with van der Waals surface area (Å²) in [6.45, 7) is 4.01. The topological polar surface area (TPSA) is 42.0 Å². The van der Waals surface area contributed by atoms with Gasteiger partial charge < -0.3 is 0 Å². The fourth-order valence-corrected chi connectivity index (χ4v) is 3.43. The summed E-state index contributed by atoms with van der Waals surface area (Å²) in [6.07, 6.45) is 0. The first-order chi connectivity index (χ1) is 10.4. The zero-order chi connectivity index (χ0) is 15.9. The van der Waals surface area contributed by atoms with Gasteiger partial charge in [-0.15, -0.1) is 0 Å². The average molecular weight is 335 g/mol. The van der Waals surface area contributed by atoms with Gasteiger partial charge in [0.1, 0.15) is 5.82 Å². The van der Waals surface area contributed by atoms with Crippen molar-refractivity contribution in [1.82, 2.24) is 4.98 Å². The van der Waals surface area contributed by atoms with Crippen LogP contribution < -0.4 is 5.32 Å². The van der Waals surface area contributed by atoms with Crippen molar-refractivity contribution in [3.63, 3.8) is 0 Å².